The summed E-state index contributed by atoms with van der Waals surface area (Å²) in [5.74, 6) is -0.629. The molecule has 0 saturated carbocycles. The van der Waals surface area contributed by atoms with Crippen LogP contribution in [0.2, 0.25) is 0 Å². The van der Waals surface area contributed by atoms with E-state index < -0.39 is 17.6 Å². The van der Waals surface area contributed by atoms with Gasteiger partial charge in [-0.15, -0.1) is 10.2 Å². The normalized spacial score (nSPS) is 11.3. The molecule has 1 heterocycles. The van der Waals surface area contributed by atoms with Crippen LogP contribution in [0.3, 0.4) is 0 Å². The van der Waals surface area contributed by atoms with Crippen molar-refractivity contribution >= 4 is 45.5 Å². The topological polar surface area (TPSA) is 66.9 Å². The Kier molecular flexibility index (Phi) is 6.43. The highest BCUT2D eigenvalue weighted by molar-refractivity contribution is 8.01. The summed E-state index contributed by atoms with van der Waals surface area (Å²) in [4.78, 5) is 12.1. The van der Waals surface area contributed by atoms with Crippen molar-refractivity contribution in [3.05, 3.63) is 59.2 Å². The Morgan fingerprint density at radius 1 is 1.07 bits per heavy atom. The zero-order valence-electron chi connectivity index (χ0n) is 15.5. The van der Waals surface area contributed by atoms with Gasteiger partial charge >= 0.3 is 6.18 Å². The second-order valence-corrected chi connectivity index (χ2v) is 8.35. The molecule has 0 fully saturated rings. The number of amides is 1. The van der Waals surface area contributed by atoms with Crippen LogP contribution in [0.1, 0.15) is 16.7 Å². The van der Waals surface area contributed by atoms with E-state index in [1.165, 1.54) is 29.5 Å². The fraction of sp³-hybridized carbons (Fsp3) is 0.211. The highest BCUT2D eigenvalue weighted by Crippen LogP contribution is 2.35. The van der Waals surface area contributed by atoms with Crippen LogP contribution in [0.4, 0.5) is 29.7 Å². The van der Waals surface area contributed by atoms with Crippen molar-refractivity contribution in [3.8, 4) is 0 Å². The molecular formula is C19H17F3N4OS2. The second-order valence-electron chi connectivity index (χ2n) is 6.15. The molecule has 3 aromatic rings. The van der Waals surface area contributed by atoms with E-state index in [9.17, 15) is 18.0 Å². The van der Waals surface area contributed by atoms with Gasteiger partial charge in [-0.1, -0.05) is 53.4 Å². The molecule has 0 aliphatic rings. The van der Waals surface area contributed by atoms with E-state index in [2.05, 4.69) is 20.8 Å². The number of carbonyl (C=O) groups excluding carboxylic acids is 1. The lowest BCUT2D eigenvalue weighted by Gasteiger charge is -2.13. The Bertz CT molecular complexity index is 1000. The van der Waals surface area contributed by atoms with Crippen LogP contribution in [-0.4, -0.2) is 21.9 Å². The van der Waals surface area contributed by atoms with Gasteiger partial charge in [0.1, 0.15) is 0 Å². The summed E-state index contributed by atoms with van der Waals surface area (Å²) in [6, 6.07) is 10.8. The van der Waals surface area contributed by atoms with Crippen LogP contribution in [0.5, 0.6) is 0 Å². The van der Waals surface area contributed by atoms with E-state index in [4.69, 9.17) is 0 Å². The molecule has 2 N–H and O–H groups in total. The number of carbonyl (C=O) groups is 1. The first kappa shape index (κ1) is 21.1. The molecule has 0 bridgehead atoms. The standard InChI is InChI=1S/C19H17F3N4OS2/c1-11-6-5-7-12(2)16(11)24-17-25-26-18(29-17)28-10-15(27)23-14-9-4-3-8-13(14)19(20,21)22/h3-9H,10H2,1-2H3,(H,23,27)(H,24,25). The average Bonchev–Trinajstić information content (AvgIpc) is 3.10. The largest absolute Gasteiger partial charge is 0.418 e. The number of benzene rings is 2. The molecule has 5 nitrogen and oxygen atoms in total. The molecule has 0 aliphatic heterocycles. The number of para-hydroxylation sites is 2. The molecule has 10 heteroatoms. The molecule has 0 spiro atoms. The molecule has 0 saturated heterocycles. The number of rotatable bonds is 6. The van der Waals surface area contributed by atoms with Gasteiger partial charge in [0.15, 0.2) is 4.34 Å². The summed E-state index contributed by atoms with van der Waals surface area (Å²) >= 11 is 2.38. The highest BCUT2D eigenvalue weighted by atomic mass is 32.2. The maximum atomic E-state index is 13.0. The van der Waals surface area contributed by atoms with Gasteiger partial charge in [0.2, 0.25) is 11.0 Å². The van der Waals surface area contributed by atoms with Crippen LogP contribution >= 0.6 is 23.1 Å². The maximum Gasteiger partial charge on any atom is 0.418 e. The second kappa shape index (κ2) is 8.83. The molecule has 0 aliphatic carbocycles. The fourth-order valence-corrected chi connectivity index (χ4v) is 4.15. The predicted molar refractivity (Wildman–Crippen MR) is 110 cm³/mol. The highest BCUT2D eigenvalue weighted by Gasteiger charge is 2.33. The zero-order chi connectivity index (χ0) is 21.0. The number of aryl methyl sites for hydroxylation is 2. The van der Waals surface area contributed by atoms with E-state index in [1.54, 1.807) is 0 Å². The third kappa shape index (κ3) is 5.48. The summed E-state index contributed by atoms with van der Waals surface area (Å²) in [6.07, 6.45) is -4.54. The van der Waals surface area contributed by atoms with E-state index in [0.29, 0.717) is 9.47 Å². The number of anilines is 3. The zero-order valence-corrected chi connectivity index (χ0v) is 17.1. The van der Waals surface area contributed by atoms with Crippen molar-refractivity contribution in [1.29, 1.82) is 0 Å². The van der Waals surface area contributed by atoms with Gasteiger partial charge < -0.3 is 10.6 Å². The first-order chi connectivity index (χ1) is 13.7. The van der Waals surface area contributed by atoms with Crippen LogP contribution in [0, 0.1) is 13.8 Å². The maximum absolute atomic E-state index is 13.0. The minimum atomic E-state index is -4.54. The lowest BCUT2D eigenvalue weighted by Crippen LogP contribution is -2.18. The number of aromatic nitrogens is 2. The third-order valence-corrected chi connectivity index (χ3v) is 5.92. The van der Waals surface area contributed by atoms with Crippen molar-refractivity contribution in [2.24, 2.45) is 0 Å². The summed E-state index contributed by atoms with van der Waals surface area (Å²) < 4.78 is 39.6. The first-order valence-corrected chi connectivity index (χ1v) is 10.3. The number of thioether (sulfide) groups is 1. The number of nitrogens with one attached hydrogen (secondary N) is 2. The number of hydrogen-bond acceptors (Lipinski definition) is 6. The van der Waals surface area contributed by atoms with Crippen molar-refractivity contribution in [3.63, 3.8) is 0 Å². The summed E-state index contributed by atoms with van der Waals surface area (Å²) in [6.45, 7) is 3.96. The Morgan fingerprint density at radius 2 is 1.76 bits per heavy atom. The Balaban J connectivity index is 1.60. The van der Waals surface area contributed by atoms with Crippen LogP contribution in [-0.2, 0) is 11.0 Å². The molecule has 29 heavy (non-hydrogen) atoms. The van der Waals surface area contributed by atoms with Gasteiger partial charge in [-0.3, -0.25) is 4.79 Å². The monoisotopic (exact) mass is 438 g/mol. The van der Waals surface area contributed by atoms with Gasteiger partial charge in [0.25, 0.3) is 0 Å². The minimum Gasteiger partial charge on any atom is -0.330 e. The minimum absolute atomic E-state index is 0.0791. The van der Waals surface area contributed by atoms with E-state index >= 15 is 0 Å². The van der Waals surface area contributed by atoms with Crippen molar-refractivity contribution in [2.45, 2.75) is 24.4 Å². The van der Waals surface area contributed by atoms with E-state index in [1.807, 2.05) is 32.0 Å². The molecular weight excluding hydrogens is 421 g/mol. The van der Waals surface area contributed by atoms with Crippen molar-refractivity contribution in [2.75, 3.05) is 16.4 Å². The molecule has 0 atom stereocenters. The van der Waals surface area contributed by atoms with Crippen LogP contribution in [0.25, 0.3) is 0 Å². The number of hydrogen-bond donors (Lipinski definition) is 2. The fourth-order valence-electron chi connectivity index (χ4n) is 2.59. The van der Waals surface area contributed by atoms with E-state index in [0.717, 1.165) is 34.6 Å². The lowest BCUT2D eigenvalue weighted by atomic mass is 10.1. The van der Waals surface area contributed by atoms with Gasteiger partial charge in [-0.2, -0.15) is 13.2 Å². The average molecular weight is 439 g/mol. The first-order valence-electron chi connectivity index (χ1n) is 8.49. The summed E-state index contributed by atoms with van der Waals surface area (Å²) in [5.41, 5.74) is 1.94. The van der Waals surface area contributed by atoms with Gasteiger partial charge in [-0.05, 0) is 37.1 Å². The third-order valence-electron chi connectivity index (χ3n) is 3.95. The predicted octanol–water partition coefficient (Wildman–Crippen LogP) is 5.65. The smallest absolute Gasteiger partial charge is 0.330 e. The molecule has 0 unspecified atom stereocenters. The SMILES string of the molecule is Cc1cccc(C)c1Nc1nnc(SCC(=O)Nc2ccccc2C(F)(F)F)s1. The summed E-state index contributed by atoms with van der Waals surface area (Å²) in [7, 11) is 0. The summed E-state index contributed by atoms with van der Waals surface area (Å²) in [5, 5.41) is 14.2. The van der Waals surface area contributed by atoms with Crippen molar-refractivity contribution < 1.29 is 18.0 Å². The van der Waals surface area contributed by atoms with Gasteiger partial charge in [0.05, 0.1) is 17.0 Å². The Morgan fingerprint density at radius 3 is 2.45 bits per heavy atom. The van der Waals surface area contributed by atoms with Crippen molar-refractivity contribution in [1.82, 2.24) is 10.2 Å². The van der Waals surface area contributed by atoms with Crippen LogP contribution < -0.4 is 10.6 Å². The molecule has 3 rings (SSSR count). The van der Waals surface area contributed by atoms with E-state index in [-0.39, 0.29) is 11.4 Å². The quantitative estimate of drug-likeness (QED) is 0.487. The Hall–Kier alpha value is -2.59. The lowest BCUT2D eigenvalue weighted by molar-refractivity contribution is -0.137. The van der Waals surface area contributed by atoms with Crippen LogP contribution in [0.15, 0.2) is 46.8 Å². The Labute approximate surface area is 173 Å². The number of alkyl halides is 3. The molecule has 1 amide bonds. The van der Waals surface area contributed by atoms with Gasteiger partial charge in [0, 0.05) is 5.69 Å². The number of halogens is 3. The van der Waals surface area contributed by atoms with Gasteiger partial charge in [-0.25, -0.2) is 0 Å². The molecule has 152 valence electrons. The molecule has 0 radical (unpaired) electrons. The molecule has 1 aromatic heterocycles. The molecule has 2 aromatic carbocycles. The number of nitrogens with zero attached hydrogens (tertiary/aromatic N) is 2.